The van der Waals surface area contributed by atoms with Crippen molar-refractivity contribution in [1.82, 2.24) is 20.0 Å². The van der Waals surface area contributed by atoms with E-state index in [1.54, 1.807) is 23.8 Å². The predicted octanol–water partition coefficient (Wildman–Crippen LogP) is 2.17. The fraction of sp³-hybridized carbons (Fsp3) is 0.571. The van der Waals surface area contributed by atoms with Crippen LogP contribution in [0.5, 0.6) is 0 Å². The van der Waals surface area contributed by atoms with Crippen molar-refractivity contribution in [3.63, 3.8) is 0 Å². The molecule has 112 valence electrons. The van der Waals surface area contributed by atoms with Gasteiger partial charge in [0.15, 0.2) is 5.82 Å². The molecule has 1 aliphatic heterocycles. The topological polar surface area (TPSA) is 72.1 Å². The van der Waals surface area contributed by atoms with Crippen molar-refractivity contribution in [2.24, 2.45) is 0 Å². The van der Waals surface area contributed by atoms with Crippen LogP contribution in [0.1, 0.15) is 42.6 Å². The van der Waals surface area contributed by atoms with Gasteiger partial charge in [0.1, 0.15) is 0 Å². The van der Waals surface area contributed by atoms with E-state index in [0.717, 1.165) is 30.9 Å². The molecule has 3 heterocycles. The maximum atomic E-state index is 12.3. The first-order chi connectivity index (χ1) is 10.2. The van der Waals surface area contributed by atoms with Gasteiger partial charge in [0.05, 0.1) is 11.2 Å². The lowest BCUT2D eigenvalue weighted by Crippen LogP contribution is -2.39. The van der Waals surface area contributed by atoms with E-state index in [1.165, 1.54) is 0 Å². The first-order valence-corrected chi connectivity index (χ1v) is 8.11. The van der Waals surface area contributed by atoms with Crippen molar-refractivity contribution in [3.8, 4) is 0 Å². The smallest absolute Gasteiger partial charge is 0.223 e. The van der Waals surface area contributed by atoms with Gasteiger partial charge in [-0.25, -0.2) is 4.98 Å². The Morgan fingerprint density at radius 1 is 1.57 bits per heavy atom. The zero-order chi connectivity index (χ0) is 14.7. The average Bonchev–Trinajstić information content (AvgIpc) is 3.16. The molecular weight excluding hydrogens is 288 g/mol. The number of aryl methyl sites for hydroxylation is 2. The minimum absolute atomic E-state index is 0.188. The molecule has 0 spiro atoms. The van der Waals surface area contributed by atoms with Crippen molar-refractivity contribution < 1.29 is 9.32 Å². The zero-order valence-electron chi connectivity index (χ0n) is 12.0. The Labute approximate surface area is 127 Å². The van der Waals surface area contributed by atoms with E-state index in [-0.39, 0.29) is 11.8 Å². The van der Waals surface area contributed by atoms with Gasteiger partial charge in [-0.1, -0.05) is 5.16 Å². The fourth-order valence-electron chi connectivity index (χ4n) is 2.65. The molecule has 1 aliphatic rings. The number of thiazole rings is 1. The summed E-state index contributed by atoms with van der Waals surface area (Å²) in [6.07, 6.45) is 3.22. The molecule has 1 saturated heterocycles. The number of carbonyl (C=O) groups is 1. The van der Waals surface area contributed by atoms with Gasteiger partial charge in [0.2, 0.25) is 11.8 Å². The van der Waals surface area contributed by atoms with Crippen LogP contribution in [0.3, 0.4) is 0 Å². The second-order valence-electron chi connectivity index (χ2n) is 5.33. The normalized spacial score (nSPS) is 18.9. The van der Waals surface area contributed by atoms with E-state index in [2.05, 4.69) is 15.1 Å². The Balaban J connectivity index is 1.56. The van der Waals surface area contributed by atoms with Gasteiger partial charge in [-0.2, -0.15) is 4.98 Å². The van der Waals surface area contributed by atoms with E-state index >= 15 is 0 Å². The molecule has 0 bridgehead atoms. The summed E-state index contributed by atoms with van der Waals surface area (Å²) in [7, 11) is 0. The van der Waals surface area contributed by atoms with Crippen LogP contribution in [-0.4, -0.2) is 39.0 Å². The van der Waals surface area contributed by atoms with E-state index in [1.807, 2.05) is 10.3 Å². The number of rotatable bonds is 4. The predicted molar refractivity (Wildman–Crippen MR) is 78.0 cm³/mol. The Bertz CT molecular complexity index is 596. The van der Waals surface area contributed by atoms with Gasteiger partial charge in [-0.15, -0.1) is 11.3 Å². The number of piperidine rings is 1. The molecule has 0 unspecified atom stereocenters. The second-order valence-corrected chi connectivity index (χ2v) is 6.05. The Morgan fingerprint density at radius 3 is 3.19 bits per heavy atom. The lowest BCUT2D eigenvalue weighted by molar-refractivity contribution is -0.132. The van der Waals surface area contributed by atoms with E-state index in [9.17, 15) is 4.79 Å². The molecule has 0 radical (unpaired) electrons. The molecule has 0 aliphatic carbocycles. The summed E-state index contributed by atoms with van der Waals surface area (Å²) in [6.45, 7) is 3.30. The standard InChI is InChI=1S/C14H18N4O2S/c1-10-16-14(17-20-10)11-3-2-6-18(7-11)13(19)5-4-12-8-21-9-15-12/h8-9,11H,2-7H2,1H3/t11-/m1/s1. The first-order valence-electron chi connectivity index (χ1n) is 7.17. The quantitative estimate of drug-likeness (QED) is 0.865. The number of hydrogen-bond acceptors (Lipinski definition) is 6. The summed E-state index contributed by atoms with van der Waals surface area (Å²) < 4.78 is 5.04. The van der Waals surface area contributed by atoms with Crippen LogP contribution in [0.2, 0.25) is 0 Å². The van der Waals surface area contributed by atoms with Gasteiger partial charge < -0.3 is 9.42 Å². The molecule has 1 fully saturated rings. The summed E-state index contributed by atoms with van der Waals surface area (Å²) in [5.41, 5.74) is 2.80. The molecule has 2 aromatic heterocycles. The van der Waals surface area contributed by atoms with Gasteiger partial charge in [-0.3, -0.25) is 4.79 Å². The van der Waals surface area contributed by atoms with Crippen LogP contribution < -0.4 is 0 Å². The number of nitrogens with zero attached hydrogens (tertiary/aromatic N) is 4. The number of carbonyl (C=O) groups excluding carboxylic acids is 1. The van der Waals surface area contributed by atoms with Crippen molar-refractivity contribution in [3.05, 3.63) is 28.3 Å². The minimum Gasteiger partial charge on any atom is -0.342 e. The summed E-state index contributed by atoms with van der Waals surface area (Å²) in [5, 5.41) is 5.98. The molecule has 6 nitrogen and oxygen atoms in total. The van der Waals surface area contributed by atoms with Gasteiger partial charge in [0, 0.05) is 37.7 Å². The number of hydrogen-bond donors (Lipinski definition) is 0. The monoisotopic (exact) mass is 306 g/mol. The third-order valence-electron chi connectivity index (χ3n) is 3.76. The van der Waals surface area contributed by atoms with Crippen molar-refractivity contribution in [1.29, 1.82) is 0 Å². The largest absolute Gasteiger partial charge is 0.342 e. The fourth-order valence-corrected chi connectivity index (χ4v) is 3.24. The third-order valence-corrected chi connectivity index (χ3v) is 4.40. The molecular formula is C14H18N4O2S. The number of aromatic nitrogens is 3. The Hall–Kier alpha value is -1.76. The first kappa shape index (κ1) is 14.2. The highest BCUT2D eigenvalue weighted by atomic mass is 32.1. The van der Waals surface area contributed by atoms with Gasteiger partial charge >= 0.3 is 0 Å². The van der Waals surface area contributed by atoms with E-state index in [0.29, 0.717) is 25.3 Å². The van der Waals surface area contributed by atoms with E-state index in [4.69, 9.17) is 4.52 Å². The Morgan fingerprint density at radius 2 is 2.48 bits per heavy atom. The molecule has 1 amide bonds. The molecule has 1 atom stereocenters. The average molecular weight is 306 g/mol. The SMILES string of the molecule is Cc1nc([C@@H]2CCCN(C(=O)CCc3cscn3)C2)no1. The van der Waals surface area contributed by atoms with Crippen molar-refractivity contribution in [2.45, 2.75) is 38.5 Å². The molecule has 0 saturated carbocycles. The molecule has 2 aromatic rings. The van der Waals surface area contributed by atoms with Crippen LogP contribution in [0.25, 0.3) is 0 Å². The van der Waals surface area contributed by atoms with Crippen LogP contribution in [-0.2, 0) is 11.2 Å². The summed E-state index contributed by atoms with van der Waals surface area (Å²) >= 11 is 1.56. The van der Waals surface area contributed by atoms with Crippen LogP contribution in [0.15, 0.2) is 15.4 Å². The summed E-state index contributed by atoms with van der Waals surface area (Å²) in [5.74, 6) is 1.69. The van der Waals surface area contributed by atoms with Gasteiger partial charge in [-0.05, 0) is 19.3 Å². The molecule has 21 heavy (non-hydrogen) atoms. The second kappa shape index (κ2) is 6.34. The lowest BCUT2D eigenvalue weighted by atomic mass is 9.97. The highest BCUT2D eigenvalue weighted by molar-refractivity contribution is 7.07. The molecule has 7 heteroatoms. The van der Waals surface area contributed by atoms with Crippen molar-refractivity contribution in [2.75, 3.05) is 13.1 Å². The number of likely N-dealkylation sites (tertiary alicyclic amines) is 1. The maximum absolute atomic E-state index is 12.3. The minimum atomic E-state index is 0.188. The molecule has 0 aromatic carbocycles. The van der Waals surface area contributed by atoms with Crippen LogP contribution in [0, 0.1) is 6.92 Å². The summed E-state index contributed by atoms with van der Waals surface area (Å²) in [6, 6.07) is 0. The highest BCUT2D eigenvalue weighted by Gasteiger charge is 2.27. The molecule has 0 N–H and O–H groups in total. The van der Waals surface area contributed by atoms with Crippen LogP contribution in [0.4, 0.5) is 0 Å². The molecule has 3 rings (SSSR count). The van der Waals surface area contributed by atoms with Crippen molar-refractivity contribution >= 4 is 17.2 Å². The summed E-state index contributed by atoms with van der Waals surface area (Å²) in [4.78, 5) is 22.7. The zero-order valence-corrected chi connectivity index (χ0v) is 12.8. The van der Waals surface area contributed by atoms with E-state index < -0.39 is 0 Å². The number of amides is 1. The highest BCUT2D eigenvalue weighted by Crippen LogP contribution is 2.25. The third kappa shape index (κ3) is 3.47. The Kier molecular flexibility index (Phi) is 4.28. The lowest BCUT2D eigenvalue weighted by Gasteiger charge is -2.31. The maximum Gasteiger partial charge on any atom is 0.223 e. The van der Waals surface area contributed by atoms with Gasteiger partial charge in [0.25, 0.3) is 0 Å². The van der Waals surface area contributed by atoms with Crippen LogP contribution >= 0.6 is 11.3 Å².